The highest BCUT2D eigenvalue weighted by molar-refractivity contribution is 7.14. The van der Waals surface area contributed by atoms with Crippen LogP contribution in [0.5, 0.6) is 23.0 Å². The van der Waals surface area contributed by atoms with E-state index in [-0.39, 0.29) is 62.1 Å². The van der Waals surface area contributed by atoms with E-state index in [9.17, 15) is 38.4 Å². The first-order valence-corrected chi connectivity index (χ1v) is 47.8. The van der Waals surface area contributed by atoms with Crippen molar-refractivity contribution in [3.63, 3.8) is 0 Å². The summed E-state index contributed by atoms with van der Waals surface area (Å²) in [4.78, 5) is 141. The number of fused-ring (bicyclic) bond motifs is 4. The molecule has 6 aromatic rings. The molecule has 7 N–H and O–H groups in total. The zero-order valence-corrected chi connectivity index (χ0v) is 79.2. The zero-order valence-electron chi connectivity index (χ0n) is 76.0. The minimum Gasteiger partial charge on any atom is -0.491 e. The molecule has 4 unspecified atom stereocenters. The molecule has 129 heavy (non-hydrogen) atoms. The SMILES string of the molecule is C=C[C@@H]1CC1(NC(=O)[C@@H]1C[C@@H](Oc2cc(-c3csc(NC(C)C)n3)nc3c(Cl)c(OCCN4CCN(C)CC4)ccc23)CN1C(=O)[C@@H](NC(=O)OC1C[C@@H]2C[C@@H]2C1)C(C)(C)C)C(=O)OC.C=C[C@@H]1CC1(NC(=O)[C@@H]1C[C@@H](Oc2cc(-c3csc(NC(C)C)n3)nc3c(Cl)c(OCCN4CCNCC4)ccc23)CN1C(=O)[C@@H](NC(=O)OC1C[C@@H]2C[C@@H]2C1)C(C)(C)C)C(=O)OC. The number of carbonyl (C=O) groups excluding carboxylic acids is 8. The molecule has 4 aliphatic heterocycles. The number of ether oxygens (including phenoxy) is 8. The van der Waals surface area contributed by atoms with Gasteiger partial charge in [-0.1, -0.05) is 76.9 Å². The van der Waals surface area contributed by atoms with Crippen LogP contribution in [0.1, 0.15) is 133 Å². The number of likely N-dealkylation sites (tertiary alicyclic amines) is 2. The Balaban J connectivity index is 0.000000198. The van der Waals surface area contributed by atoms with Gasteiger partial charge in [0, 0.05) is 136 Å². The van der Waals surface area contributed by atoms with Gasteiger partial charge < -0.3 is 89.8 Å². The second-order valence-electron chi connectivity index (χ2n) is 39.0. The molecule has 8 heterocycles. The highest BCUT2D eigenvalue weighted by atomic mass is 35.5. The van der Waals surface area contributed by atoms with Crippen LogP contribution < -0.4 is 56.2 Å². The number of halogens is 2. The summed E-state index contributed by atoms with van der Waals surface area (Å²) in [6, 6.07) is 6.97. The van der Waals surface area contributed by atoms with Gasteiger partial charge in [0.05, 0.1) is 49.7 Å². The Labute approximate surface area is 771 Å². The number of nitrogens with zero attached hydrogens (tertiary/aromatic N) is 9. The topological polar surface area (TPSA) is 362 Å². The number of rotatable bonds is 32. The Morgan fingerprint density at radius 3 is 1.29 bits per heavy atom. The average Bonchev–Trinajstić information content (AvgIpc) is 1.61. The molecule has 0 bridgehead atoms. The van der Waals surface area contributed by atoms with E-state index in [1.54, 1.807) is 30.4 Å². The minimum absolute atomic E-state index is 0.0121. The van der Waals surface area contributed by atoms with Crippen LogP contribution in [-0.4, -0.2) is 277 Å². The van der Waals surface area contributed by atoms with E-state index in [1.165, 1.54) is 59.5 Å². The highest BCUT2D eigenvalue weighted by Gasteiger charge is 2.64. The van der Waals surface area contributed by atoms with Crippen LogP contribution in [0.15, 0.2) is 72.5 Å². The zero-order chi connectivity index (χ0) is 91.9. The first-order chi connectivity index (χ1) is 61.5. The number of benzene rings is 2. The number of thiazole rings is 2. The molecule has 32 nitrogen and oxygen atoms in total. The number of nitrogens with one attached hydrogen (secondary N) is 7. The van der Waals surface area contributed by atoms with Crippen molar-refractivity contribution < 1.29 is 76.3 Å². The predicted molar refractivity (Wildman–Crippen MR) is 494 cm³/mol. The summed E-state index contributed by atoms with van der Waals surface area (Å²) < 4.78 is 48.1. The Bertz CT molecular complexity index is 5170. The number of alkyl carbamates (subject to hydrolysis) is 2. The molecule has 4 saturated heterocycles. The molecule has 10 aliphatic rings. The Morgan fingerprint density at radius 2 is 0.930 bits per heavy atom. The van der Waals surface area contributed by atoms with Crippen LogP contribution in [0.3, 0.4) is 0 Å². The van der Waals surface area contributed by atoms with Crippen LogP contribution in [0, 0.1) is 46.3 Å². The second kappa shape index (κ2) is 39.2. The first kappa shape index (κ1) is 94.2. The third kappa shape index (κ3) is 21.7. The smallest absolute Gasteiger partial charge is 0.408 e. The molecule has 0 radical (unpaired) electrons. The number of pyridine rings is 2. The van der Waals surface area contributed by atoms with E-state index in [0.717, 1.165) is 101 Å². The summed E-state index contributed by atoms with van der Waals surface area (Å²) in [5.74, 6) is 0.301. The van der Waals surface area contributed by atoms with Crippen molar-refractivity contribution in [3.8, 4) is 45.8 Å². The van der Waals surface area contributed by atoms with Gasteiger partial charge in [-0.2, -0.15) is 0 Å². The van der Waals surface area contributed by atoms with Crippen LogP contribution in [0.2, 0.25) is 10.0 Å². The molecule has 10 fully saturated rings. The van der Waals surface area contributed by atoms with Gasteiger partial charge in [-0.15, -0.1) is 35.8 Å². The van der Waals surface area contributed by atoms with Crippen LogP contribution >= 0.6 is 45.9 Å². The molecule has 698 valence electrons. The van der Waals surface area contributed by atoms with Crippen molar-refractivity contribution in [1.29, 1.82) is 0 Å². The largest absolute Gasteiger partial charge is 0.491 e. The normalized spacial score (nSPS) is 26.8. The van der Waals surface area contributed by atoms with E-state index < -0.39 is 106 Å². The number of methoxy groups -OCH3 is 2. The monoisotopic (exact) mass is 1850 g/mol. The quantitative estimate of drug-likeness (QED) is 0.0117. The van der Waals surface area contributed by atoms with Gasteiger partial charge in [0.25, 0.3) is 0 Å². The number of aromatic nitrogens is 4. The lowest BCUT2D eigenvalue weighted by Crippen LogP contribution is -2.59. The Morgan fingerprint density at radius 1 is 0.535 bits per heavy atom. The maximum atomic E-state index is 14.9. The van der Waals surface area contributed by atoms with Gasteiger partial charge in [0.2, 0.25) is 23.6 Å². The maximum absolute atomic E-state index is 14.9. The first-order valence-electron chi connectivity index (χ1n) is 45.3. The standard InChI is InChI=1S/C47H63ClN8O8S.C46H61ClN8O8S/c1-9-29-23-47(29,43(59)61-8)53-41(57)35-21-31(24-56(35)42(58)40(46(4,5)6)52-45(60)64-30-19-27-18-28(27)20-30)63-37-22-33(34-25-65-44(51-34)49-26(2)3)50-39-32(37)10-11-36(38(39)48)62-17-16-55-14-12-54(7)13-15-55;1-8-28-22-46(28,42(58)60-7)53-40(56)34-20-30(23-55(34)41(57)39(45(4,5)6)52-44(59)63-29-18-26-17-27(26)19-29)62-36-21-32(33-24-64-43(51-33)49-25(2)3)50-38-31(36)9-10-35(37(38)47)61-16-15-54-13-11-48-12-14-54/h9-11,22,25-31,35,40H,1,12-21,23-24H2,2-8H3,(H,49,51)(H,52,60)(H,53,57);8-10,21,24-30,34,39,48H,1,11-20,22-23H2,2-7H3,(H,49,51)(H,52,59)(H,53,56)/t27-,28+,29-,30?,31-,35+,40-,47?;26-,27+,28-,29?,30-,34+,39-,46?/m11/s1. The number of anilines is 2. The number of carbonyl (C=O) groups is 8. The molecule has 4 aromatic heterocycles. The fourth-order valence-corrected chi connectivity index (χ4v) is 21.1. The number of esters is 2. The summed E-state index contributed by atoms with van der Waals surface area (Å²) >= 11 is 17.2. The fraction of sp³-hybridized carbons (Fsp3) is 0.613. The number of hydrogen-bond acceptors (Lipinski definition) is 28. The summed E-state index contributed by atoms with van der Waals surface area (Å²) in [7, 11) is 4.67. The van der Waals surface area contributed by atoms with Crippen molar-refractivity contribution in [2.45, 2.75) is 205 Å². The predicted octanol–water partition coefficient (Wildman–Crippen LogP) is 11.6. The highest BCUT2D eigenvalue weighted by Crippen LogP contribution is 2.55. The van der Waals surface area contributed by atoms with Gasteiger partial charge in [-0.05, 0) is 145 Å². The van der Waals surface area contributed by atoms with E-state index in [4.69, 9.17) is 81.0 Å². The number of amides is 6. The lowest BCUT2D eigenvalue weighted by Gasteiger charge is -2.35. The molecule has 6 saturated carbocycles. The van der Waals surface area contributed by atoms with Crippen molar-refractivity contribution >= 4 is 126 Å². The van der Waals surface area contributed by atoms with E-state index in [0.29, 0.717) is 127 Å². The fourth-order valence-electron chi connectivity index (χ4n) is 18.9. The van der Waals surface area contributed by atoms with Gasteiger partial charge in [-0.25, -0.2) is 39.1 Å². The van der Waals surface area contributed by atoms with Gasteiger partial charge in [0.15, 0.2) is 10.3 Å². The number of piperazine rings is 2. The average molecular weight is 1860 g/mol. The molecular formula is C93H124Cl2N16O16S2. The van der Waals surface area contributed by atoms with E-state index in [2.05, 4.69) is 72.1 Å². The minimum atomic E-state index is -1.30. The summed E-state index contributed by atoms with van der Waals surface area (Å²) in [5, 5.41) is 28.8. The van der Waals surface area contributed by atoms with E-state index in [1.807, 2.05) is 98.2 Å². The Hall–Kier alpha value is -9.42. The molecule has 2 aromatic carbocycles. The molecule has 16 atom stereocenters. The molecular weight excluding hydrogens is 1730 g/mol. The van der Waals surface area contributed by atoms with Gasteiger partial charge in [0.1, 0.15) is 117 Å². The number of hydrogen-bond donors (Lipinski definition) is 7. The second-order valence-corrected chi connectivity index (χ2v) is 41.5. The molecule has 0 spiro atoms. The van der Waals surface area contributed by atoms with Crippen molar-refractivity contribution in [1.82, 2.24) is 71.0 Å². The van der Waals surface area contributed by atoms with Crippen LogP contribution in [0.25, 0.3) is 44.6 Å². The third-order valence-electron chi connectivity index (χ3n) is 26.6. The van der Waals surface area contributed by atoms with Crippen molar-refractivity contribution in [2.24, 2.45) is 46.3 Å². The van der Waals surface area contributed by atoms with E-state index >= 15 is 0 Å². The van der Waals surface area contributed by atoms with Gasteiger partial charge >= 0.3 is 24.1 Å². The van der Waals surface area contributed by atoms with Crippen molar-refractivity contribution in [3.05, 3.63) is 82.5 Å². The third-order valence-corrected chi connectivity index (χ3v) is 28.8. The molecule has 6 amide bonds. The molecule has 6 aliphatic carbocycles. The molecule has 36 heteroatoms. The molecule has 16 rings (SSSR count). The summed E-state index contributed by atoms with van der Waals surface area (Å²) in [5.41, 5.74) is -1.03. The van der Waals surface area contributed by atoms with Crippen LogP contribution in [0.4, 0.5) is 19.9 Å². The number of likely N-dealkylation sites (N-methyl/N-ethyl adjacent to an activating group) is 1. The summed E-state index contributed by atoms with van der Waals surface area (Å²) in [6.07, 6.45) is 6.50. The summed E-state index contributed by atoms with van der Waals surface area (Å²) in [6.45, 7) is 37.0. The lowest BCUT2D eigenvalue weighted by molar-refractivity contribution is -0.149. The van der Waals surface area contributed by atoms with Crippen LogP contribution in [-0.2, 0) is 47.7 Å². The van der Waals surface area contributed by atoms with Crippen molar-refractivity contribution in [2.75, 3.05) is 124 Å². The Kier molecular flexibility index (Phi) is 28.6. The maximum Gasteiger partial charge on any atom is 0.408 e. The lowest BCUT2D eigenvalue weighted by atomic mass is 9.85. The van der Waals surface area contributed by atoms with Gasteiger partial charge in [-0.3, -0.25) is 29.0 Å².